The van der Waals surface area contributed by atoms with Gasteiger partial charge in [-0.25, -0.2) is 4.79 Å². The SMILES string of the molecule is CN(C)CCN(Cc1cccnc1)C(=O)NCc1ccccc1. The molecule has 0 saturated heterocycles. The Kier molecular flexibility index (Phi) is 6.56. The van der Waals surface area contributed by atoms with E-state index in [0.29, 0.717) is 19.6 Å². The summed E-state index contributed by atoms with van der Waals surface area (Å²) in [6.45, 7) is 2.58. The molecule has 0 spiro atoms. The second kappa shape index (κ2) is 8.90. The number of pyridine rings is 1. The zero-order chi connectivity index (χ0) is 16.5. The fourth-order valence-electron chi connectivity index (χ4n) is 2.17. The average molecular weight is 312 g/mol. The number of rotatable bonds is 7. The molecule has 5 nitrogen and oxygen atoms in total. The zero-order valence-corrected chi connectivity index (χ0v) is 13.8. The second-order valence-electron chi connectivity index (χ2n) is 5.73. The summed E-state index contributed by atoms with van der Waals surface area (Å²) in [6, 6.07) is 13.7. The van der Waals surface area contributed by atoms with Gasteiger partial charge >= 0.3 is 6.03 Å². The van der Waals surface area contributed by atoms with Crippen LogP contribution in [0, 0.1) is 0 Å². The summed E-state index contributed by atoms with van der Waals surface area (Å²) in [5.74, 6) is 0. The molecule has 0 unspecified atom stereocenters. The molecule has 2 aromatic rings. The fourth-order valence-corrected chi connectivity index (χ4v) is 2.17. The van der Waals surface area contributed by atoms with Crippen LogP contribution in [-0.4, -0.2) is 48.0 Å². The maximum Gasteiger partial charge on any atom is 0.318 e. The van der Waals surface area contributed by atoms with Crippen molar-refractivity contribution in [3.05, 3.63) is 66.0 Å². The molecule has 1 aromatic carbocycles. The Morgan fingerprint density at radius 1 is 1.04 bits per heavy atom. The van der Waals surface area contributed by atoms with E-state index < -0.39 is 0 Å². The smallest absolute Gasteiger partial charge is 0.318 e. The van der Waals surface area contributed by atoms with E-state index in [2.05, 4.69) is 15.2 Å². The van der Waals surface area contributed by atoms with Crippen LogP contribution in [-0.2, 0) is 13.1 Å². The highest BCUT2D eigenvalue weighted by Gasteiger charge is 2.14. The molecule has 1 N–H and O–H groups in total. The highest BCUT2D eigenvalue weighted by atomic mass is 16.2. The second-order valence-corrected chi connectivity index (χ2v) is 5.73. The number of hydrogen-bond acceptors (Lipinski definition) is 3. The lowest BCUT2D eigenvalue weighted by molar-refractivity contribution is 0.188. The normalized spacial score (nSPS) is 10.6. The first-order valence-corrected chi connectivity index (χ1v) is 7.75. The van der Waals surface area contributed by atoms with E-state index in [-0.39, 0.29) is 6.03 Å². The van der Waals surface area contributed by atoms with Gasteiger partial charge in [-0.15, -0.1) is 0 Å². The molecule has 122 valence electrons. The van der Waals surface area contributed by atoms with Crippen molar-refractivity contribution < 1.29 is 4.79 Å². The van der Waals surface area contributed by atoms with Crippen LogP contribution in [0.4, 0.5) is 4.79 Å². The van der Waals surface area contributed by atoms with Crippen molar-refractivity contribution in [2.24, 2.45) is 0 Å². The van der Waals surface area contributed by atoms with E-state index in [1.54, 1.807) is 12.4 Å². The summed E-state index contributed by atoms with van der Waals surface area (Å²) in [6.07, 6.45) is 3.54. The number of urea groups is 1. The van der Waals surface area contributed by atoms with Gasteiger partial charge in [-0.2, -0.15) is 0 Å². The van der Waals surface area contributed by atoms with Crippen molar-refractivity contribution in [2.45, 2.75) is 13.1 Å². The van der Waals surface area contributed by atoms with Gasteiger partial charge in [-0.1, -0.05) is 36.4 Å². The lowest BCUT2D eigenvalue weighted by Crippen LogP contribution is -2.42. The number of benzene rings is 1. The van der Waals surface area contributed by atoms with Crippen molar-refractivity contribution in [1.82, 2.24) is 20.1 Å². The molecule has 2 rings (SSSR count). The topological polar surface area (TPSA) is 48.5 Å². The van der Waals surface area contributed by atoms with Gasteiger partial charge in [0.25, 0.3) is 0 Å². The van der Waals surface area contributed by atoms with Crippen molar-refractivity contribution in [2.75, 3.05) is 27.2 Å². The average Bonchev–Trinajstić information content (AvgIpc) is 2.58. The number of nitrogens with one attached hydrogen (secondary N) is 1. The third kappa shape index (κ3) is 6.08. The highest BCUT2D eigenvalue weighted by Crippen LogP contribution is 2.04. The van der Waals surface area contributed by atoms with E-state index in [1.165, 1.54) is 0 Å². The van der Waals surface area contributed by atoms with E-state index >= 15 is 0 Å². The van der Waals surface area contributed by atoms with Crippen LogP contribution in [0.3, 0.4) is 0 Å². The summed E-state index contributed by atoms with van der Waals surface area (Å²) in [5, 5.41) is 2.99. The molecule has 0 aliphatic carbocycles. The van der Waals surface area contributed by atoms with Gasteiger partial charge in [0.15, 0.2) is 0 Å². The molecule has 2 amide bonds. The largest absolute Gasteiger partial charge is 0.334 e. The van der Waals surface area contributed by atoms with Gasteiger partial charge in [-0.3, -0.25) is 4.98 Å². The minimum Gasteiger partial charge on any atom is -0.334 e. The highest BCUT2D eigenvalue weighted by molar-refractivity contribution is 5.74. The van der Waals surface area contributed by atoms with Gasteiger partial charge < -0.3 is 15.1 Å². The van der Waals surface area contributed by atoms with Crippen LogP contribution in [0.25, 0.3) is 0 Å². The molecule has 0 saturated carbocycles. The molecule has 1 aromatic heterocycles. The summed E-state index contributed by atoms with van der Waals surface area (Å²) in [5.41, 5.74) is 2.12. The summed E-state index contributed by atoms with van der Waals surface area (Å²) in [7, 11) is 4.01. The van der Waals surface area contributed by atoms with E-state index in [9.17, 15) is 4.79 Å². The van der Waals surface area contributed by atoms with Gasteiger partial charge in [0.05, 0.1) is 0 Å². The maximum absolute atomic E-state index is 12.5. The monoisotopic (exact) mass is 312 g/mol. The molecule has 0 fully saturated rings. The molecule has 1 heterocycles. The Bertz CT molecular complexity index is 586. The quantitative estimate of drug-likeness (QED) is 0.854. The fraction of sp³-hybridized carbons (Fsp3) is 0.333. The Labute approximate surface area is 137 Å². The zero-order valence-electron chi connectivity index (χ0n) is 13.8. The van der Waals surface area contributed by atoms with Crippen molar-refractivity contribution in [3.8, 4) is 0 Å². The molecule has 0 atom stereocenters. The van der Waals surface area contributed by atoms with Crippen LogP contribution in [0.5, 0.6) is 0 Å². The first-order valence-electron chi connectivity index (χ1n) is 7.75. The number of carbonyl (C=O) groups excluding carboxylic acids is 1. The van der Waals surface area contributed by atoms with Crippen molar-refractivity contribution in [3.63, 3.8) is 0 Å². The molecule has 23 heavy (non-hydrogen) atoms. The third-order valence-electron chi connectivity index (χ3n) is 3.49. The molecule has 0 radical (unpaired) electrons. The van der Waals surface area contributed by atoms with E-state index in [4.69, 9.17) is 0 Å². The molecule has 0 aliphatic rings. The Morgan fingerprint density at radius 2 is 1.78 bits per heavy atom. The number of nitrogens with zero attached hydrogens (tertiary/aromatic N) is 3. The molecular weight excluding hydrogens is 288 g/mol. The first kappa shape index (κ1) is 17.0. The molecule has 5 heteroatoms. The Balaban J connectivity index is 1.95. The number of likely N-dealkylation sites (N-methyl/N-ethyl adjacent to an activating group) is 1. The summed E-state index contributed by atoms with van der Waals surface area (Å²) in [4.78, 5) is 20.5. The van der Waals surface area contributed by atoms with E-state index in [0.717, 1.165) is 17.7 Å². The predicted octanol–water partition coefficient (Wildman–Crippen LogP) is 2.35. The minimum absolute atomic E-state index is 0.0560. The van der Waals surface area contributed by atoms with Gasteiger partial charge in [0, 0.05) is 38.6 Å². The molecule has 0 bridgehead atoms. The van der Waals surface area contributed by atoms with Crippen LogP contribution < -0.4 is 5.32 Å². The Hall–Kier alpha value is -2.40. The Morgan fingerprint density at radius 3 is 2.43 bits per heavy atom. The van der Waals surface area contributed by atoms with Crippen LogP contribution in [0.1, 0.15) is 11.1 Å². The maximum atomic E-state index is 12.5. The molecular formula is C18H24N4O. The third-order valence-corrected chi connectivity index (χ3v) is 3.49. The first-order chi connectivity index (χ1) is 11.1. The van der Waals surface area contributed by atoms with Crippen molar-refractivity contribution >= 4 is 6.03 Å². The van der Waals surface area contributed by atoms with Gasteiger partial charge in [-0.05, 0) is 31.3 Å². The number of hydrogen-bond donors (Lipinski definition) is 1. The van der Waals surface area contributed by atoms with Gasteiger partial charge in [0.2, 0.25) is 0 Å². The summed E-state index contributed by atoms with van der Waals surface area (Å²) < 4.78 is 0. The van der Waals surface area contributed by atoms with Gasteiger partial charge in [0.1, 0.15) is 0 Å². The standard InChI is InChI=1S/C18H24N4O/c1-21(2)11-12-22(15-17-9-6-10-19-13-17)18(23)20-14-16-7-4-3-5-8-16/h3-10,13H,11-12,14-15H2,1-2H3,(H,20,23). The number of amides is 2. The minimum atomic E-state index is -0.0560. The van der Waals surface area contributed by atoms with Crippen molar-refractivity contribution in [1.29, 1.82) is 0 Å². The lowest BCUT2D eigenvalue weighted by Gasteiger charge is -2.24. The van der Waals surface area contributed by atoms with Crippen LogP contribution >= 0.6 is 0 Å². The van der Waals surface area contributed by atoms with E-state index in [1.807, 2.05) is 61.5 Å². The van der Waals surface area contributed by atoms with Crippen LogP contribution in [0.15, 0.2) is 54.9 Å². The molecule has 0 aliphatic heterocycles. The predicted molar refractivity (Wildman–Crippen MR) is 91.9 cm³/mol. The number of aromatic nitrogens is 1. The lowest BCUT2D eigenvalue weighted by atomic mass is 10.2. The number of carbonyl (C=O) groups is 1. The van der Waals surface area contributed by atoms with Crippen LogP contribution in [0.2, 0.25) is 0 Å². The summed E-state index contributed by atoms with van der Waals surface area (Å²) >= 11 is 0.